The Hall–Kier alpha value is -0.250. The monoisotopic (exact) mass is 252 g/mol. The summed E-state index contributed by atoms with van der Waals surface area (Å²) in [5.74, 6) is 0.0552. The van der Waals surface area contributed by atoms with Gasteiger partial charge in [-0.1, -0.05) is 11.6 Å². The Bertz CT molecular complexity index is 426. The highest BCUT2D eigenvalue weighted by molar-refractivity contribution is 7.91. The summed E-state index contributed by atoms with van der Waals surface area (Å²) in [6.07, 6.45) is 0. The van der Waals surface area contributed by atoms with Gasteiger partial charge >= 0.3 is 0 Å². The van der Waals surface area contributed by atoms with Crippen LogP contribution in [-0.4, -0.2) is 20.1 Å². The highest BCUT2D eigenvalue weighted by Crippen LogP contribution is 2.20. The zero-order valence-corrected chi connectivity index (χ0v) is 9.96. The molecular weight excluding hydrogens is 243 g/mol. The number of rotatable bonds is 3. The molecule has 1 rings (SSSR count). The second-order valence-electron chi connectivity index (χ2n) is 2.92. The minimum absolute atomic E-state index is 0.0460. The highest BCUT2D eigenvalue weighted by Gasteiger charge is 2.13. The van der Waals surface area contributed by atoms with Gasteiger partial charge in [-0.25, -0.2) is 8.42 Å². The van der Waals surface area contributed by atoms with E-state index in [0.717, 1.165) is 5.56 Å². The Kier molecular flexibility index (Phi) is 3.81. The van der Waals surface area contributed by atoms with Gasteiger partial charge < -0.3 is 0 Å². The van der Waals surface area contributed by atoms with E-state index in [1.807, 2.05) is 0 Å². The fourth-order valence-corrected chi connectivity index (χ4v) is 2.83. The quantitative estimate of drug-likeness (QED) is 0.776. The number of hydrogen-bond acceptors (Lipinski definition) is 2. The van der Waals surface area contributed by atoms with Crippen molar-refractivity contribution >= 4 is 33.0 Å². The van der Waals surface area contributed by atoms with Gasteiger partial charge in [-0.2, -0.15) is 0 Å². The van der Waals surface area contributed by atoms with Crippen molar-refractivity contribution in [3.8, 4) is 0 Å². The van der Waals surface area contributed by atoms with Gasteiger partial charge in [0.2, 0.25) is 0 Å². The first kappa shape index (κ1) is 11.8. The third-order valence-electron chi connectivity index (χ3n) is 1.83. The fourth-order valence-electron chi connectivity index (χ4n) is 1.03. The van der Waals surface area contributed by atoms with Crippen LogP contribution in [0.15, 0.2) is 23.1 Å². The zero-order valence-electron chi connectivity index (χ0n) is 7.63. The van der Waals surface area contributed by atoms with E-state index in [9.17, 15) is 8.42 Å². The van der Waals surface area contributed by atoms with Gasteiger partial charge in [0, 0.05) is 10.9 Å². The summed E-state index contributed by atoms with van der Waals surface area (Å²) < 4.78 is 23.1. The molecule has 0 heterocycles. The summed E-state index contributed by atoms with van der Waals surface area (Å²) in [5.41, 5.74) is 0.752. The van der Waals surface area contributed by atoms with E-state index in [0.29, 0.717) is 5.02 Å². The molecule has 0 N–H and O–H groups in total. The summed E-state index contributed by atoms with van der Waals surface area (Å²) in [6, 6.07) is 4.64. The number of hydrogen-bond donors (Lipinski definition) is 0. The van der Waals surface area contributed by atoms with Gasteiger partial charge in [0.15, 0.2) is 9.84 Å². The van der Waals surface area contributed by atoms with Crippen LogP contribution < -0.4 is 0 Å². The fraction of sp³-hybridized carbons (Fsp3) is 0.333. The summed E-state index contributed by atoms with van der Waals surface area (Å²) in [5, 5.41) is 0.565. The van der Waals surface area contributed by atoms with Gasteiger partial charge in [-0.05, 0) is 30.7 Å². The van der Waals surface area contributed by atoms with Gasteiger partial charge in [-0.3, -0.25) is 0 Å². The average Bonchev–Trinajstić information content (AvgIpc) is 2.09. The minimum atomic E-state index is -3.24. The standard InChI is InChI=1S/C9H10Cl2O2S/c1-7-6-8(2-3-9(7)11)14(12,13)5-4-10/h2-3,6H,4-5H2,1H3. The molecule has 0 radical (unpaired) electrons. The normalized spacial score (nSPS) is 11.6. The van der Waals surface area contributed by atoms with E-state index in [1.165, 1.54) is 6.07 Å². The molecule has 0 aliphatic rings. The summed E-state index contributed by atoms with van der Waals surface area (Å²) in [4.78, 5) is 0.278. The van der Waals surface area contributed by atoms with E-state index in [1.54, 1.807) is 19.1 Å². The molecule has 0 unspecified atom stereocenters. The molecule has 0 amide bonds. The van der Waals surface area contributed by atoms with Crippen LogP contribution >= 0.6 is 23.2 Å². The molecule has 0 saturated heterocycles. The first-order chi connectivity index (χ1) is 6.47. The van der Waals surface area contributed by atoms with Crippen LogP contribution in [0, 0.1) is 6.92 Å². The van der Waals surface area contributed by atoms with Crippen LogP contribution in [0.2, 0.25) is 5.02 Å². The lowest BCUT2D eigenvalue weighted by atomic mass is 10.2. The van der Waals surface area contributed by atoms with Crippen molar-refractivity contribution in [2.75, 3.05) is 11.6 Å². The van der Waals surface area contributed by atoms with Gasteiger partial charge in [0.1, 0.15) is 0 Å². The first-order valence-corrected chi connectivity index (χ1v) is 6.59. The van der Waals surface area contributed by atoms with E-state index < -0.39 is 9.84 Å². The number of alkyl halides is 1. The maximum Gasteiger partial charge on any atom is 0.179 e. The van der Waals surface area contributed by atoms with E-state index in [4.69, 9.17) is 23.2 Å². The third kappa shape index (κ3) is 2.62. The summed E-state index contributed by atoms with van der Waals surface area (Å²) >= 11 is 11.2. The summed E-state index contributed by atoms with van der Waals surface area (Å²) in [7, 11) is -3.24. The van der Waals surface area contributed by atoms with Gasteiger partial charge in [0.25, 0.3) is 0 Å². The molecule has 2 nitrogen and oxygen atoms in total. The molecule has 1 aromatic carbocycles. The minimum Gasteiger partial charge on any atom is -0.224 e. The van der Waals surface area contributed by atoms with Crippen molar-refractivity contribution in [1.29, 1.82) is 0 Å². The van der Waals surface area contributed by atoms with Crippen molar-refractivity contribution in [2.24, 2.45) is 0 Å². The lowest BCUT2D eigenvalue weighted by Crippen LogP contribution is -2.07. The number of halogens is 2. The van der Waals surface area contributed by atoms with Gasteiger partial charge in [-0.15, -0.1) is 11.6 Å². The van der Waals surface area contributed by atoms with E-state index in [2.05, 4.69) is 0 Å². The van der Waals surface area contributed by atoms with Gasteiger partial charge in [0.05, 0.1) is 10.6 Å². The number of aryl methyl sites for hydroxylation is 1. The SMILES string of the molecule is Cc1cc(S(=O)(=O)CCCl)ccc1Cl. The van der Waals surface area contributed by atoms with Crippen molar-refractivity contribution in [1.82, 2.24) is 0 Å². The molecule has 0 fully saturated rings. The predicted molar refractivity (Wildman–Crippen MR) is 59.0 cm³/mol. The number of sulfone groups is 1. The third-order valence-corrected chi connectivity index (χ3v) is 4.39. The Morgan fingerprint density at radius 3 is 2.50 bits per heavy atom. The molecule has 78 valence electrons. The van der Waals surface area contributed by atoms with Crippen molar-refractivity contribution in [3.63, 3.8) is 0 Å². The highest BCUT2D eigenvalue weighted by atomic mass is 35.5. The smallest absolute Gasteiger partial charge is 0.179 e. The Morgan fingerprint density at radius 2 is 2.00 bits per heavy atom. The maximum atomic E-state index is 11.6. The maximum absolute atomic E-state index is 11.6. The topological polar surface area (TPSA) is 34.1 Å². The summed E-state index contributed by atoms with van der Waals surface area (Å²) in [6.45, 7) is 1.77. The molecule has 0 aliphatic heterocycles. The van der Waals surface area contributed by atoms with E-state index >= 15 is 0 Å². The van der Waals surface area contributed by atoms with Crippen molar-refractivity contribution < 1.29 is 8.42 Å². The zero-order chi connectivity index (χ0) is 10.8. The molecule has 14 heavy (non-hydrogen) atoms. The van der Waals surface area contributed by atoms with E-state index in [-0.39, 0.29) is 16.5 Å². The lowest BCUT2D eigenvalue weighted by Gasteiger charge is -2.04. The second kappa shape index (κ2) is 4.51. The lowest BCUT2D eigenvalue weighted by molar-refractivity contribution is 0.597. The second-order valence-corrected chi connectivity index (χ2v) is 5.81. The Labute approximate surface area is 93.8 Å². The Balaban J connectivity index is 3.15. The molecule has 0 saturated carbocycles. The van der Waals surface area contributed by atoms with Crippen LogP contribution in [0.3, 0.4) is 0 Å². The molecule has 5 heteroatoms. The molecule has 0 bridgehead atoms. The molecule has 0 aromatic heterocycles. The first-order valence-electron chi connectivity index (χ1n) is 4.02. The Morgan fingerprint density at radius 1 is 1.36 bits per heavy atom. The molecular formula is C9H10Cl2O2S. The van der Waals surface area contributed by atoms with Crippen LogP contribution in [-0.2, 0) is 9.84 Å². The average molecular weight is 253 g/mol. The predicted octanol–water partition coefficient (Wildman–Crippen LogP) is 2.66. The van der Waals surface area contributed by atoms with Crippen LogP contribution in [0.1, 0.15) is 5.56 Å². The molecule has 0 spiro atoms. The molecule has 1 aromatic rings. The molecule has 0 atom stereocenters. The van der Waals surface area contributed by atoms with Crippen LogP contribution in [0.4, 0.5) is 0 Å². The van der Waals surface area contributed by atoms with Crippen molar-refractivity contribution in [3.05, 3.63) is 28.8 Å². The largest absolute Gasteiger partial charge is 0.224 e. The van der Waals surface area contributed by atoms with Crippen LogP contribution in [0.25, 0.3) is 0 Å². The van der Waals surface area contributed by atoms with Crippen molar-refractivity contribution in [2.45, 2.75) is 11.8 Å². The molecule has 0 aliphatic carbocycles. The van der Waals surface area contributed by atoms with Crippen LogP contribution in [0.5, 0.6) is 0 Å². The number of benzene rings is 1.